The second-order valence-electron chi connectivity index (χ2n) is 9.58. The number of halogens is 2. The molecule has 2 heterocycles. The number of carbonyl (C=O) groups excluding carboxylic acids is 1. The smallest absolute Gasteiger partial charge is 0.269 e. The normalized spacial score (nSPS) is 18.6. The topological polar surface area (TPSA) is 50.2 Å². The van der Waals surface area contributed by atoms with Gasteiger partial charge >= 0.3 is 0 Å². The zero-order valence-corrected chi connectivity index (χ0v) is 17.9. The van der Waals surface area contributed by atoms with Crippen molar-refractivity contribution < 1.29 is 13.6 Å². The zero-order chi connectivity index (χ0) is 21.5. The van der Waals surface area contributed by atoms with Crippen molar-refractivity contribution in [1.29, 1.82) is 0 Å². The molecule has 162 valence electrons. The fourth-order valence-electron chi connectivity index (χ4n) is 4.04. The molecule has 0 bridgehead atoms. The third kappa shape index (κ3) is 4.72. The minimum absolute atomic E-state index is 0.0663. The summed E-state index contributed by atoms with van der Waals surface area (Å²) in [4.78, 5) is 15.2. The largest absolute Gasteiger partial charge is 0.348 e. The Hall–Kier alpha value is -2.28. The van der Waals surface area contributed by atoms with E-state index in [1.54, 1.807) is 6.07 Å². The molecule has 1 aromatic heterocycles. The highest BCUT2D eigenvalue weighted by Gasteiger charge is 2.32. The molecule has 1 saturated carbocycles. The van der Waals surface area contributed by atoms with Crippen LogP contribution in [-0.2, 0) is 12.1 Å². The molecule has 1 amide bonds. The van der Waals surface area contributed by atoms with Gasteiger partial charge in [0.2, 0.25) is 0 Å². The van der Waals surface area contributed by atoms with Gasteiger partial charge in [0.15, 0.2) is 11.6 Å². The highest BCUT2D eigenvalue weighted by atomic mass is 19.2. The summed E-state index contributed by atoms with van der Waals surface area (Å²) >= 11 is 0. The van der Waals surface area contributed by atoms with Gasteiger partial charge in [0.25, 0.3) is 5.91 Å². The van der Waals surface area contributed by atoms with Crippen LogP contribution in [-0.4, -0.2) is 39.7 Å². The van der Waals surface area contributed by atoms with Crippen molar-refractivity contribution in [3.8, 4) is 0 Å². The first kappa shape index (κ1) is 21.0. The number of aromatic nitrogens is 2. The zero-order valence-electron chi connectivity index (χ0n) is 17.9. The highest BCUT2D eigenvalue weighted by molar-refractivity contribution is 5.93. The van der Waals surface area contributed by atoms with Crippen LogP contribution in [0, 0.1) is 11.6 Å². The maximum atomic E-state index is 13.4. The summed E-state index contributed by atoms with van der Waals surface area (Å²) in [5, 5.41) is 7.91. The second-order valence-corrected chi connectivity index (χ2v) is 9.58. The second kappa shape index (κ2) is 8.10. The number of rotatable bonds is 5. The number of nitrogens with zero attached hydrogens (tertiary/aromatic N) is 3. The minimum Gasteiger partial charge on any atom is -0.348 e. The van der Waals surface area contributed by atoms with Gasteiger partial charge in [-0.05, 0) is 70.2 Å². The molecule has 2 aliphatic rings. The lowest BCUT2D eigenvalue weighted by Gasteiger charge is -2.32. The van der Waals surface area contributed by atoms with Crippen LogP contribution in [0.1, 0.15) is 74.1 Å². The number of hydrogen-bond acceptors (Lipinski definition) is 3. The van der Waals surface area contributed by atoms with Crippen molar-refractivity contribution in [3.63, 3.8) is 0 Å². The summed E-state index contributed by atoms with van der Waals surface area (Å²) in [6.45, 7) is 8.36. The summed E-state index contributed by atoms with van der Waals surface area (Å²) in [6.07, 6.45) is 3.96. The van der Waals surface area contributed by atoms with E-state index in [4.69, 9.17) is 5.10 Å². The number of piperidine rings is 1. The number of amides is 1. The van der Waals surface area contributed by atoms with Crippen LogP contribution in [0.25, 0.3) is 0 Å². The maximum absolute atomic E-state index is 13.4. The standard InChI is InChI=1S/C23H30F2N4O/c1-23(2,3)29-21(13-20(27-29)16-5-6-16)22(30)26-17-8-10-28(11-9-17)14-15-4-7-18(24)19(25)12-15/h4,7,12-13,16-17H,5-6,8-11,14H2,1-3H3,(H,26,30). The average Bonchev–Trinajstić information content (AvgIpc) is 3.43. The van der Waals surface area contributed by atoms with Gasteiger partial charge in [0.1, 0.15) is 5.69 Å². The van der Waals surface area contributed by atoms with Crippen LogP contribution in [0.5, 0.6) is 0 Å². The predicted molar refractivity (Wildman–Crippen MR) is 111 cm³/mol. The lowest BCUT2D eigenvalue weighted by molar-refractivity contribution is 0.0890. The van der Waals surface area contributed by atoms with Gasteiger partial charge in [-0.1, -0.05) is 6.07 Å². The van der Waals surface area contributed by atoms with Crippen molar-refractivity contribution in [1.82, 2.24) is 20.0 Å². The highest BCUT2D eigenvalue weighted by Crippen LogP contribution is 2.40. The van der Waals surface area contributed by atoms with Gasteiger partial charge in [-0.15, -0.1) is 0 Å². The van der Waals surface area contributed by atoms with E-state index in [-0.39, 0.29) is 17.5 Å². The van der Waals surface area contributed by atoms with E-state index in [2.05, 4.69) is 31.0 Å². The van der Waals surface area contributed by atoms with Crippen molar-refractivity contribution in [3.05, 3.63) is 52.9 Å². The molecular weight excluding hydrogens is 386 g/mol. The molecule has 30 heavy (non-hydrogen) atoms. The van der Waals surface area contributed by atoms with Crippen LogP contribution in [0.15, 0.2) is 24.3 Å². The molecule has 7 heteroatoms. The summed E-state index contributed by atoms with van der Waals surface area (Å²) in [6, 6.07) is 6.11. The lowest BCUT2D eigenvalue weighted by Crippen LogP contribution is -2.45. The van der Waals surface area contributed by atoms with E-state index < -0.39 is 11.6 Å². The van der Waals surface area contributed by atoms with E-state index in [9.17, 15) is 13.6 Å². The van der Waals surface area contributed by atoms with E-state index in [0.717, 1.165) is 50.0 Å². The molecule has 1 aliphatic heterocycles. The number of likely N-dealkylation sites (tertiary alicyclic amines) is 1. The number of benzene rings is 1. The summed E-state index contributed by atoms with van der Waals surface area (Å²) < 4.78 is 28.4. The van der Waals surface area contributed by atoms with Crippen molar-refractivity contribution in [2.45, 2.75) is 70.5 Å². The molecule has 1 aliphatic carbocycles. The number of hydrogen-bond donors (Lipinski definition) is 1. The Bertz CT molecular complexity index is 922. The summed E-state index contributed by atoms with van der Waals surface area (Å²) in [7, 11) is 0. The molecule has 1 saturated heterocycles. The Morgan fingerprint density at radius 2 is 1.80 bits per heavy atom. The van der Waals surface area contributed by atoms with Crippen LogP contribution in [0.2, 0.25) is 0 Å². The lowest BCUT2D eigenvalue weighted by atomic mass is 10.0. The van der Waals surface area contributed by atoms with Gasteiger partial charge in [0.05, 0.1) is 11.2 Å². The Morgan fingerprint density at radius 1 is 1.10 bits per heavy atom. The molecule has 5 nitrogen and oxygen atoms in total. The molecule has 2 aromatic rings. The quantitative estimate of drug-likeness (QED) is 0.795. The van der Waals surface area contributed by atoms with Gasteiger partial charge in [0, 0.05) is 31.6 Å². The third-order valence-corrected chi connectivity index (χ3v) is 5.90. The fraction of sp³-hybridized carbons (Fsp3) is 0.565. The van der Waals surface area contributed by atoms with E-state index in [0.29, 0.717) is 18.2 Å². The molecule has 0 atom stereocenters. The van der Waals surface area contributed by atoms with E-state index in [1.165, 1.54) is 12.1 Å². The first-order chi connectivity index (χ1) is 14.2. The first-order valence-electron chi connectivity index (χ1n) is 10.8. The first-order valence-corrected chi connectivity index (χ1v) is 10.8. The molecule has 1 aromatic carbocycles. The fourth-order valence-corrected chi connectivity index (χ4v) is 4.04. The monoisotopic (exact) mass is 416 g/mol. The van der Waals surface area contributed by atoms with Crippen molar-refractivity contribution in [2.75, 3.05) is 13.1 Å². The SMILES string of the molecule is CC(C)(C)n1nc(C2CC2)cc1C(=O)NC1CCN(Cc2ccc(F)c(F)c2)CC1. The third-order valence-electron chi connectivity index (χ3n) is 5.90. The van der Waals surface area contributed by atoms with Crippen LogP contribution >= 0.6 is 0 Å². The van der Waals surface area contributed by atoms with Gasteiger partial charge in [-0.3, -0.25) is 14.4 Å². The number of carbonyl (C=O) groups is 1. The summed E-state index contributed by atoms with van der Waals surface area (Å²) in [5.41, 5.74) is 2.16. The Labute approximate surface area is 176 Å². The molecule has 0 spiro atoms. The van der Waals surface area contributed by atoms with E-state index in [1.807, 2.05) is 10.7 Å². The van der Waals surface area contributed by atoms with Gasteiger partial charge in [-0.2, -0.15) is 5.10 Å². The molecule has 2 fully saturated rings. The van der Waals surface area contributed by atoms with Crippen LogP contribution in [0.3, 0.4) is 0 Å². The maximum Gasteiger partial charge on any atom is 0.269 e. The minimum atomic E-state index is -0.820. The summed E-state index contributed by atoms with van der Waals surface area (Å²) in [5.74, 6) is -1.20. The Kier molecular flexibility index (Phi) is 5.66. The molecule has 4 rings (SSSR count). The molecule has 0 radical (unpaired) electrons. The van der Waals surface area contributed by atoms with E-state index >= 15 is 0 Å². The average molecular weight is 417 g/mol. The molecule has 0 unspecified atom stereocenters. The predicted octanol–water partition coefficient (Wildman–Crippen LogP) is 4.19. The molecular formula is C23H30F2N4O. The number of nitrogens with one attached hydrogen (secondary N) is 1. The van der Waals surface area contributed by atoms with Crippen molar-refractivity contribution >= 4 is 5.91 Å². The Balaban J connectivity index is 1.35. The van der Waals surface area contributed by atoms with Crippen LogP contribution in [0.4, 0.5) is 8.78 Å². The Morgan fingerprint density at radius 3 is 2.40 bits per heavy atom. The van der Waals surface area contributed by atoms with Gasteiger partial charge < -0.3 is 5.32 Å². The van der Waals surface area contributed by atoms with Crippen LogP contribution < -0.4 is 5.32 Å². The molecule has 1 N–H and O–H groups in total. The van der Waals surface area contributed by atoms with Crippen molar-refractivity contribution in [2.24, 2.45) is 0 Å². The van der Waals surface area contributed by atoms with Gasteiger partial charge in [-0.25, -0.2) is 8.78 Å².